The molecule has 0 heterocycles. The molecule has 1 unspecified atom stereocenters. The van der Waals surface area contributed by atoms with E-state index in [0.717, 1.165) is 6.07 Å². The number of rotatable bonds is 6. The number of nitro groups is 1. The SMILES string of the molecule is CNc1ccc(C(=O)OC(C)C(=O)Nc2ccccc2)cc1[N+](=O)[O-]. The fourth-order valence-electron chi connectivity index (χ4n) is 2.07. The van der Waals surface area contributed by atoms with Crippen LogP contribution in [-0.4, -0.2) is 30.0 Å². The van der Waals surface area contributed by atoms with Crippen molar-refractivity contribution < 1.29 is 19.2 Å². The van der Waals surface area contributed by atoms with Gasteiger partial charge in [-0.15, -0.1) is 0 Å². The van der Waals surface area contributed by atoms with E-state index in [4.69, 9.17) is 4.74 Å². The van der Waals surface area contributed by atoms with Crippen molar-refractivity contribution >= 4 is 28.9 Å². The highest BCUT2D eigenvalue weighted by molar-refractivity contribution is 5.97. The van der Waals surface area contributed by atoms with Crippen molar-refractivity contribution in [2.45, 2.75) is 13.0 Å². The Hall–Kier alpha value is -3.42. The van der Waals surface area contributed by atoms with Crippen molar-refractivity contribution in [2.75, 3.05) is 17.7 Å². The van der Waals surface area contributed by atoms with Crippen LogP contribution in [0.25, 0.3) is 0 Å². The van der Waals surface area contributed by atoms with Crippen LogP contribution in [0.5, 0.6) is 0 Å². The zero-order chi connectivity index (χ0) is 18.4. The van der Waals surface area contributed by atoms with E-state index in [0.29, 0.717) is 5.69 Å². The lowest BCUT2D eigenvalue weighted by atomic mass is 10.1. The lowest BCUT2D eigenvalue weighted by Gasteiger charge is -2.13. The third-order valence-electron chi connectivity index (χ3n) is 3.39. The quantitative estimate of drug-likeness (QED) is 0.474. The maximum absolute atomic E-state index is 12.1. The van der Waals surface area contributed by atoms with E-state index >= 15 is 0 Å². The highest BCUT2D eigenvalue weighted by Crippen LogP contribution is 2.25. The van der Waals surface area contributed by atoms with Crippen LogP contribution in [0.3, 0.4) is 0 Å². The van der Waals surface area contributed by atoms with Gasteiger partial charge in [0.05, 0.1) is 10.5 Å². The molecular weight excluding hydrogens is 326 g/mol. The summed E-state index contributed by atoms with van der Waals surface area (Å²) in [7, 11) is 1.54. The summed E-state index contributed by atoms with van der Waals surface area (Å²) in [6.45, 7) is 1.42. The first-order valence-electron chi connectivity index (χ1n) is 7.45. The summed E-state index contributed by atoms with van der Waals surface area (Å²) in [5.74, 6) is -1.32. The third kappa shape index (κ3) is 4.54. The van der Waals surface area contributed by atoms with Gasteiger partial charge in [-0.1, -0.05) is 18.2 Å². The molecular formula is C17H17N3O5. The number of hydrogen-bond donors (Lipinski definition) is 2. The van der Waals surface area contributed by atoms with Gasteiger partial charge in [0.2, 0.25) is 0 Å². The molecule has 8 heteroatoms. The zero-order valence-electron chi connectivity index (χ0n) is 13.7. The molecule has 8 nitrogen and oxygen atoms in total. The molecule has 25 heavy (non-hydrogen) atoms. The summed E-state index contributed by atoms with van der Waals surface area (Å²) in [6.07, 6.45) is -1.06. The van der Waals surface area contributed by atoms with Crippen LogP contribution in [0.1, 0.15) is 17.3 Å². The molecule has 0 saturated carbocycles. The minimum absolute atomic E-state index is 0.00920. The fraction of sp³-hybridized carbons (Fsp3) is 0.176. The number of hydrogen-bond acceptors (Lipinski definition) is 6. The van der Waals surface area contributed by atoms with Gasteiger partial charge in [0.1, 0.15) is 5.69 Å². The van der Waals surface area contributed by atoms with E-state index < -0.39 is 22.9 Å². The van der Waals surface area contributed by atoms with Crippen LogP contribution in [0.4, 0.5) is 17.1 Å². The average Bonchev–Trinajstić information content (AvgIpc) is 2.61. The van der Waals surface area contributed by atoms with Gasteiger partial charge in [0, 0.05) is 18.8 Å². The van der Waals surface area contributed by atoms with Crippen molar-refractivity contribution in [3.63, 3.8) is 0 Å². The minimum Gasteiger partial charge on any atom is -0.449 e. The Kier molecular flexibility index (Phi) is 5.67. The van der Waals surface area contributed by atoms with Crippen LogP contribution in [0, 0.1) is 10.1 Å². The van der Waals surface area contributed by atoms with E-state index in [9.17, 15) is 19.7 Å². The predicted molar refractivity (Wildman–Crippen MR) is 92.6 cm³/mol. The second kappa shape index (κ2) is 7.91. The number of carbonyl (C=O) groups is 2. The second-order valence-electron chi connectivity index (χ2n) is 5.14. The van der Waals surface area contributed by atoms with Crippen LogP contribution >= 0.6 is 0 Å². The second-order valence-corrected chi connectivity index (χ2v) is 5.14. The fourth-order valence-corrected chi connectivity index (χ4v) is 2.07. The molecule has 1 atom stereocenters. The van der Waals surface area contributed by atoms with Crippen molar-refractivity contribution in [3.8, 4) is 0 Å². The van der Waals surface area contributed by atoms with Gasteiger partial charge in [-0.05, 0) is 31.2 Å². The van der Waals surface area contributed by atoms with Gasteiger partial charge in [0.25, 0.3) is 11.6 Å². The topological polar surface area (TPSA) is 111 Å². The molecule has 1 amide bonds. The highest BCUT2D eigenvalue weighted by atomic mass is 16.6. The zero-order valence-corrected chi connectivity index (χ0v) is 13.7. The monoisotopic (exact) mass is 343 g/mol. The van der Waals surface area contributed by atoms with E-state index in [2.05, 4.69) is 10.6 Å². The highest BCUT2D eigenvalue weighted by Gasteiger charge is 2.22. The molecule has 2 N–H and O–H groups in total. The summed E-state index contributed by atoms with van der Waals surface area (Å²) >= 11 is 0. The van der Waals surface area contributed by atoms with E-state index in [1.807, 2.05) is 0 Å². The molecule has 0 aliphatic heterocycles. The van der Waals surface area contributed by atoms with Crippen molar-refractivity contribution in [1.29, 1.82) is 0 Å². The lowest BCUT2D eigenvalue weighted by Crippen LogP contribution is -2.30. The molecule has 2 aromatic carbocycles. The van der Waals surface area contributed by atoms with Gasteiger partial charge in [0.15, 0.2) is 6.10 Å². The molecule has 0 aliphatic rings. The number of esters is 1. The molecule has 2 rings (SSSR count). The molecule has 0 radical (unpaired) electrons. The Labute approximate surface area is 144 Å². The van der Waals surface area contributed by atoms with Gasteiger partial charge < -0.3 is 15.4 Å². The summed E-state index contributed by atoms with van der Waals surface area (Å²) in [6, 6.07) is 12.6. The predicted octanol–water partition coefficient (Wildman–Crippen LogP) is 2.82. The average molecular weight is 343 g/mol. The first-order chi connectivity index (χ1) is 11.9. The van der Waals surface area contributed by atoms with Crippen molar-refractivity contribution in [1.82, 2.24) is 0 Å². The maximum Gasteiger partial charge on any atom is 0.339 e. The lowest BCUT2D eigenvalue weighted by molar-refractivity contribution is -0.384. The molecule has 0 saturated heterocycles. The van der Waals surface area contributed by atoms with Crippen LogP contribution in [0.15, 0.2) is 48.5 Å². The smallest absolute Gasteiger partial charge is 0.339 e. The normalized spacial score (nSPS) is 11.3. The molecule has 0 aliphatic carbocycles. The molecule has 0 bridgehead atoms. The maximum atomic E-state index is 12.1. The number of nitrogens with one attached hydrogen (secondary N) is 2. The number of nitrogens with zero attached hydrogens (tertiary/aromatic N) is 1. The van der Waals surface area contributed by atoms with Crippen LogP contribution < -0.4 is 10.6 Å². The number of benzene rings is 2. The Morgan fingerprint density at radius 2 is 1.84 bits per heavy atom. The number of carbonyl (C=O) groups excluding carboxylic acids is 2. The number of amides is 1. The van der Waals surface area contributed by atoms with Crippen LogP contribution in [-0.2, 0) is 9.53 Å². The van der Waals surface area contributed by atoms with Crippen molar-refractivity contribution in [3.05, 3.63) is 64.2 Å². The van der Waals surface area contributed by atoms with E-state index in [1.54, 1.807) is 30.3 Å². The molecule has 0 fully saturated rings. The number of para-hydroxylation sites is 1. The summed E-state index contributed by atoms with van der Waals surface area (Å²) < 4.78 is 5.08. The third-order valence-corrected chi connectivity index (χ3v) is 3.39. The number of nitro benzene ring substituents is 1. The molecule has 0 aromatic heterocycles. The number of ether oxygens (including phenoxy) is 1. The van der Waals surface area contributed by atoms with Gasteiger partial charge in [-0.25, -0.2) is 4.79 Å². The van der Waals surface area contributed by atoms with E-state index in [-0.39, 0.29) is 16.9 Å². The standard InChI is InChI=1S/C17H17N3O5/c1-11(16(21)19-13-6-4-3-5-7-13)25-17(22)12-8-9-14(18-2)15(10-12)20(23)24/h3-11,18H,1-2H3,(H,19,21). The summed E-state index contributed by atoms with van der Waals surface area (Å²) in [5.41, 5.74) is 0.587. The minimum atomic E-state index is -1.06. The van der Waals surface area contributed by atoms with Crippen molar-refractivity contribution in [2.24, 2.45) is 0 Å². The van der Waals surface area contributed by atoms with E-state index in [1.165, 1.54) is 26.1 Å². The summed E-state index contributed by atoms with van der Waals surface area (Å²) in [4.78, 5) is 34.6. The first-order valence-corrected chi connectivity index (χ1v) is 7.45. The van der Waals surface area contributed by atoms with Gasteiger partial charge >= 0.3 is 5.97 Å². The van der Waals surface area contributed by atoms with Crippen LogP contribution in [0.2, 0.25) is 0 Å². The number of anilines is 2. The Bertz CT molecular complexity index is 792. The Morgan fingerprint density at radius 1 is 1.16 bits per heavy atom. The molecule has 130 valence electrons. The largest absolute Gasteiger partial charge is 0.449 e. The Morgan fingerprint density at radius 3 is 2.44 bits per heavy atom. The summed E-state index contributed by atoms with van der Waals surface area (Å²) in [5, 5.41) is 16.3. The molecule has 0 spiro atoms. The van der Waals surface area contributed by atoms with Gasteiger partial charge in [-0.3, -0.25) is 14.9 Å². The molecule has 2 aromatic rings. The Balaban J connectivity index is 2.07. The van der Waals surface area contributed by atoms with Gasteiger partial charge in [-0.2, -0.15) is 0 Å². The first kappa shape index (κ1) is 17.9.